The number of benzene rings is 1. The maximum Gasteiger partial charge on any atom is 0.410 e. The first-order chi connectivity index (χ1) is 11.4. The molecule has 2 amide bonds. The fourth-order valence-electron chi connectivity index (χ4n) is 3.22. The van der Waals surface area contributed by atoms with Crippen molar-refractivity contribution in [1.82, 2.24) is 9.80 Å². The highest BCUT2D eigenvalue weighted by Crippen LogP contribution is 2.32. The van der Waals surface area contributed by atoms with Crippen LogP contribution in [0.2, 0.25) is 0 Å². The minimum atomic E-state index is -0.609. The number of ether oxygens (including phenoxy) is 1. The Morgan fingerprint density at radius 3 is 2.54 bits per heavy atom. The Bertz CT molecular complexity index is 676. The third-order valence-electron chi connectivity index (χ3n) is 4.54. The summed E-state index contributed by atoms with van der Waals surface area (Å²) in [6.07, 6.45) is 0.417. The van der Waals surface area contributed by atoms with E-state index in [1.165, 1.54) is 29.2 Å². The van der Waals surface area contributed by atoms with Gasteiger partial charge in [0.15, 0.2) is 11.4 Å². The molecule has 0 unspecified atom stereocenters. The molecule has 0 N–H and O–H groups in total. The van der Waals surface area contributed by atoms with Crippen LogP contribution in [-0.4, -0.2) is 59.9 Å². The van der Waals surface area contributed by atoms with Crippen molar-refractivity contribution in [2.24, 2.45) is 0 Å². The van der Waals surface area contributed by atoms with Crippen molar-refractivity contribution in [2.75, 3.05) is 26.7 Å². The van der Waals surface area contributed by atoms with Gasteiger partial charge in [0.2, 0.25) is 5.91 Å². The Labute approximate surface area is 139 Å². The highest BCUT2D eigenvalue weighted by molar-refractivity contribution is 5.97. The van der Waals surface area contributed by atoms with Crippen molar-refractivity contribution in [1.29, 1.82) is 0 Å². The van der Waals surface area contributed by atoms with Gasteiger partial charge in [0, 0.05) is 38.4 Å². The molecule has 1 aromatic rings. The molecule has 0 bridgehead atoms. The lowest BCUT2D eigenvalue weighted by atomic mass is 10.0. The number of hydrogen-bond acceptors (Lipinski definition) is 4. The lowest BCUT2D eigenvalue weighted by molar-refractivity contribution is -0.130. The van der Waals surface area contributed by atoms with Gasteiger partial charge in [-0.1, -0.05) is 0 Å². The molecule has 0 aromatic heterocycles. The Morgan fingerprint density at radius 2 is 1.92 bits per heavy atom. The summed E-state index contributed by atoms with van der Waals surface area (Å²) in [4.78, 5) is 39.0. The third-order valence-corrected chi connectivity index (χ3v) is 4.54. The number of likely N-dealkylation sites (tertiary alicyclic amines) is 1. The molecular weight excluding hydrogens is 315 g/mol. The molecule has 2 aliphatic heterocycles. The zero-order chi connectivity index (χ0) is 17.3. The molecular formula is C17H19FN2O4. The molecule has 2 saturated heterocycles. The Hall–Kier alpha value is -2.44. The van der Waals surface area contributed by atoms with E-state index in [9.17, 15) is 18.8 Å². The molecule has 0 aliphatic carbocycles. The van der Waals surface area contributed by atoms with Crippen LogP contribution in [-0.2, 0) is 9.53 Å². The first-order valence-electron chi connectivity index (χ1n) is 7.89. The molecule has 24 heavy (non-hydrogen) atoms. The molecule has 1 spiro atoms. The molecule has 128 valence electrons. The Balaban J connectivity index is 1.52. The van der Waals surface area contributed by atoms with Gasteiger partial charge in [0.25, 0.3) is 0 Å². The van der Waals surface area contributed by atoms with Gasteiger partial charge >= 0.3 is 6.09 Å². The van der Waals surface area contributed by atoms with E-state index in [2.05, 4.69) is 0 Å². The average molecular weight is 334 g/mol. The van der Waals surface area contributed by atoms with Crippen LogP contribution in [0, 0.1) is 5.82 Å². The minimum absolute atomic E-state index is 0.0770. The number of hydrogen-bond donors (Lipinski definition) is 0. The Morgan fingerprint density at radius 1 is 1.21 bits per heavy atom. The summed E-state index contributed by atoms with van der Waals surface area (Å²) in [5, 5.41) is 0. The largest absolute Gasteiger partial charge is 0.439 e. The van der Waals surface area contributed by atoms with Crippen molar-refractivity contribution < 1.29 is 23.5 Å². The number of carbonyl (C=O) groups excluding carboxylic acids is 3. The van der Waals surface area contributed by atoms with E-state index in [0.29, 0.717) is 31.6 Å². The summed E-state index contributed by atoms with van der Waals surface area (Å²) in [7, 11) is 1.67. The lowest BCUT2D eigenvalue weighted by Crippen LogP contribution is -2.39. The highest BCUT2D eigenvalue weighted by Gasteiger charge is 2.49. The number of likely N-dealkylation sites (N-methyl/N-ethyl adjacent to an activating group) is 1. The number of nitrogens with zero attached hydrogens (tertiary/aromatic N) is 2. The molecule has 0 saturated carbocycles. The standard InChI is InChI=1S/C17H19FN2O4/c1-19-10-17(24-16(19)23)8-9-20(11-17)15(22)7-6-14(21)12-2-4-13(18)5-3-12/h2-5H,6-11H2,1H3/t17-/m0/s1. The van der Waals surface area contributed by atoms with Gasteiger partial charge in [-0.2, -0.15) is 0 Å². The van der Waals surface area contributed by atoms with Crippen LogP contribution in [0.25, 0.3) is 0 Å². The first kappa shape index (κ1) is 16.4. The molecule has 1 atom stereocenters. The normalized spacial score (nSPS) is 23.0. The maximum atomic E-state index is 12.9. The van der Waals surface area contributed by atoms with Crippen LogP contribution in [0.1, 0.15) is 29.6 Å². The predicted octanol–water partition coefficient (Wildman–Crippen LogP) is 1.84. The van der Waals surface area contributed by atoms with Gasteiger partial charge in [0.05, 0.1) is 13.1 Å². The lowest BCUT2D eigenvalue weighted by Gasteiger charge is -2.21. The quantitative estimate of drug-likeness (QED) is 0.788. The smallest absolute Gasteiger partial charge is 0.410 e. The van der Waals surface area contributed by atoms with Crippen LogP contribution < -0.4 is 0 Å². The number of rotatable bonds is 4. The second kappa shape index (κ2) is 6.22. The third kappa shape index (κ3) is 3.25. The van der Waals surface area contributed by atoms with E-state index in [-0.39, 0.29) is 30.6 Å². The first-order valence-corrected chi connectivity index (χ1v) is 7.89. The monoisotopic (exact) mass is 334 g/mol. The molecule has 2 heterocycles. The van der Waals surface area contributed by atoms with Gasteiger partial charge in [-0.3, -0.25) is 9.59 Å². The molecule has 0 radical (unpaired) electrons. The van der Waals surface area contributed by atoms with E-state index in [1.54, 1.807) is 11.9 Å². The number of carbonyl (C=O) groups is 3. The van der Waals surface area contributed by atoms with Crippen molar-refractivity contribution in [3.63, 3.8) is 0 Å². The van der Waals surface area contributed by atoms with Gasteiger partial charge in [-0.05, 0) is 24.3 Å². The predicted molar refractivity (Wildman–Crippen MR) is 83.0 cm³/mol. The summed E-state index contributed by atoms with van der Waals surface area (Å²) >= 11 is 0. The van der Waals surface area contributed by atoms with Crippen LogP contribution in [0.4, 0.5) is 9.18 Å². The van der Waals surface area contributed by atoms with Crippen molar-refractivity contribution in [2.45, 2.75) is 24.9 Å². The fourth-order valence-corrected chi connectivity index (χ4v) is 3.22. The van der Waals surface area contributed by atoms with Gasteiger partial charge in [0.1, 0.15) is 5.82 Å². The van der Waals surface area contributed by atoms with Crippen LogP contribution in [0.15, 0.2) is 24.3 Å². The van der Waals surface area contributed by atoms with Gasteiger partial charge in [-0.15, -0.1) is 0 Å². The minimum Gasteiger partial charge on any atom is -0.439 e. The molecule has 2 aliphatic rings. The van der Waals surface area contributed by atoms with E-state index >= 15 is 0 Å². The molecule has 3 rings (SSSR count). The maximum absolute atomic E-state index is 12.9. The second-order valence-corrected chi connectivity index (χ2v) is 6.40. The van der Waals surface area contributed by atoms with Crippen LogP contribution in [0.3, 0.4) is 0 Å². The van der Waals surface area contributed by atoms with E-state index in [0.717, 1.165) is 0 Å². The molecule has 6 nitrogen and oxygen atoms in total. The average Bonchev–Trinajstić information content (AvgIpc) is 3.08. The topological polar surface area (TPSA) is 66.9 Å². The zero-order valence-electron chi connectivity index (χ0n) is 13.5. The molecule has 7 heteroatoms. The zero-order valence-corrected chi connectivity index (χ0v) is 13.5. The summed E-state index contributed by atoms with van der Waals surface area (Å²) < 4.78 is 18.3. The van der Waals surface area contributed by atoms with Crippen molar-refractivity contribution >= 4 is 17.8 Å². The van der Waals surface area contributed by atoms with E-state index < -0.39 is 11.4 Å². The summed E-state index contributed by atoms with van der Waals surface area (Å²) in [6.45, 7) is 1.36. The van der Waals surface area contributed by atoms with E-state index in [4.69, 9.17) is 4.74 Å². The van der Waals surface area contributed by atoms with Crippen LogP contribution in [0.5, 0.6) is 0 Å². The van der Waals surface area contributed by atoms with Crippen molar-refractivity contribution in [3.8, 4) is 0 Å². The van der Waals surface area contributed by atoms with Gasteiger partial charge < -0.3 is 14.5 Å². The Kier molecular flexibility index (Phi) is 4.26. The molecule has 2 fully saturated rings. The SMILES string of the molecule is CN1C[C@]2(CCN(C(=O)CCC(=O)c3ccc(F)cc3)C2)OC1=O. The summed E-state index contributed by atoms with van der Waals surface area (Å²) in [6, 6.07) is 5.29. The van der Waals surface area contributed by atoms with Crippen LogP contribution >= 0.6 is 0 Å². The highest BCUT2D eigenvalue weighted by atomic mass is 19.1. The fraction of sp³-hybridized carbons (Fsp3) is 0.471. The number of Topliss-reactive ketones (excluding diaryl/α,β-unsaturated/α-hetero) is 1. The summed E-state index contributed by atoms with van der Waals surface area (Å²) in [5.41, 5.74) is -0.212. The van der Waals surface area contributed by atoms with Gasteiger partial charge in [-0.25, -0.2) is 9.18 Å². The number of ketones is 1. The number of amides is 2. The second-order valence-electron chi connectivity index (χ2n) is 6.40. The molecule has 1 aromatic carbocycles. The number of halogens is 1. The van der Waals surface area contributed by atoms with E-state index in [1.807, 2.05) is 0 Å². The summed E-state index contributed by atoms with van der Waals surface area (Å²) in [5.74, 6) is -0.724. The van der Waals surface area contributed by atoms with Crippen molar-refractivity contribution in [3.05, 3.63) is 35.6 Å².